The molecule has 1 amide bonds. The lowest BCUT2D eigenvalue weighted by atomic mass is 10.0. The van der Waals surface area contributed by atoms with Gasteiger partial charge in [-0.05, 0) is 18.4 Å². The van der Waals surface area contributed by atoms with Crippen LogP contribution < -0.4 is 5.32 Å². The second kappa shape index (κ2) is 12.2. The molecule has 0 aliphatic carbocycles. The monoisotopic (exact) mass is 469 g/mol. The summed E-state index contributed by atoms with van der Waals surface area (Å²) in [5, 5.41) is 4.06. The van der Waals surface area contributed by atoms with Crippen LogP contribution in [0.25, 0.3) is 22.5 Å². The molecule has 0 aliphatic heterocycles. The maximum Gasteiger partial charge on any atom is 0.220 e. The molecular weight excluding hydrogens is 438 g/mol. The molecule has 1 aromatic heterocycles. The van der Waals surface area contributed by atoms with E-state index in [-0.39, 0.29) is 5.91 Å². The highest BCUT2D eigenvalue weighted by atomic mass is 32.2. The van der Waals surface area contributed by atoms with Crippen molar-refractivity contribution >= 4 is 17.7 Å². The first-order valence-corrected chi connectivity index (χ1v) is 12.9. The third-order valence-corrected chi connectivity index (χ3v) is 6.59. The Balaban J connectivity index is 1.46. The zero-order valence-corrected chi connectivity index (χ0v) is 20.4. The molecule has 4 aromatic rings. The summed E-state index contributed by atoms with van der Waals surface area (Å²) in [6.07, 6.45) is 2.30. The number of thioether (sulfide) groups is 1. The van der Waals surface area contributed by atoms with Crippen molar-refractivity contribution in [3.8, 4) is 22.5 Å². The minimum atomic E-state index is 0.0938. The van der Waals surface area contributed by atoms with Gasteiger partial charge in [0, 0.05) is 36.4 Å². The predicted octanol–water partition coefficient (Wildman–Crippen LogP) is 6.47. The number of aromatic nitrogens is 2. The molecule has 0 bridgehead atoms. The Bertz CT molecular complexity index is 1170. The summed E-state index contributed by atoms with van der Waals surface area (Å²) in [5.41, 5.74) is 5.64. The summed E-state index contributed by atoms with van der Waals surface area (Å²) in [7, 11) is 0. The highest BCUT2D eigenvalue weighted by molar-refractivity contribution is 7.99. The van der Waals surface area contributed by atoms with Crippen LogP contribution in [0.3, 0.4) is 0 Å². The lowest BCUT2D eigenvalue weighted by Crippen LogP contribution is -2.26. The van der Waals surface area contributed by atoms with Crippen molar-refractivity contribution in [1.29, 1.82) is 0 Å². The number of nitrogens with zero attached hydrogens (tertiary/aromatic N) is 2. The molecule has 0 saturated carbocycles. The Morgan fingerprint density at radius 2 is 1.50 bits per heavy atom. The molecule has 0 fully saturated rings. The third kappa shape index (κ3) is 6.17. The summed E-state index contributed by atoms with van der Waals surface area (Å²) >= 11 is 1.70. The van der Waals surface area contributed by atoms with Crippen LogP contribution >= 0.6 is 11.8 Å². The van der Waals surface area contributed by atoms with E-state index in [4.69, 9.17) is 4.98 Å². The van der Waals surface area contributed by atoms with Crippen LogP contribution in [0.4, 0.5) is 0 Å². The van der Waals surface area contributed by atoms with Crippen LogP contribution in [0.15, 0.2) is 96.2 Å². The largest absolute Gasteiger partial charge is 0.355 e. The van der Waals surface area contributed by atoms with Crippen molar-refractivity contribution in [1.82, 2.24) is 14.9 Å². The molecule has 1 heterocycles. The number of benzene rings is 3. The van der Waals surface area contributed by atoms with E-state index in [1.165, 1.54) is 11.1 Å². The summed E-state index contributed by atoms with van der Waals surface area (Å²) < 4.78 is 2.33. The average molecular weight is 470 g/mol. The van der Waals surface area contributed by atoms with E-state index in [9.17, 15) is 4.79 Å². The first-order chi connectivity index (χ1) is 16.8. The predicted molar refractivity (Wildman–Crippen MR) is 142 cm³/mol. The Hall–Kier alpha value is -3.31. The van der Waals surface area contributed by atoms with Crippen LogP contribution in [0, 0.1) is 0 Å². The molecule has 174 valence electrons. The SMILES string of the molecule is CCCn1c(SCCNC(=O)CCc2ccccc2)nc(-c2ccccc2)c1-c1ccccc1. The molecule has 0 spiro atoms. The van der Waals surface area contributed by atoms with Crippen molar-refractivity contribution in [3.63, 3.8) is 0 Å². The zero-order chi connectivity index (χ0) is 23.6. The zero-order valence-electron chi connectivity index (χ0n) is 19.6. The number of hydrogen-bond donors (Lipinski definition) is 1. The third-order valence-electron chi connectivity index (χ3n) is 5.61. The van der Waals surface area contributed by atoms with Crippen LogP contribution in [-0.2, 0) is 17.8 Å². The highest BCUT2D eigenvalue weighted by Crippen LogP contribution is 2.36. The molecule has 3 aromatic carbocycles. The fraction of sp³-hybridized carbons (Fsp3) is 0.241. The van der Waals surface area contributed by atoms with Gasteiger partial charge in [-0.15, -0.1) is 0 Å². The van der Waals surface area contributed by atoms with Gasteiger partial charge in [0.25, 0.3) is 0 Å². The fourth-order valence-corrected chi connectivity index (χ4v) is 4.86. The van der Waals surface area contributed by atoms with Gasteiger partial charge in [0.05, 0.1) is 11.4 Å². The number of nitrogens with one attached hydrogen (secondary N) is 1. The van der Waals surface area contributed by atoms with Gasteiger partial charge in [-0.1, -0.05) is 110 Å². The van der Waals surface area contributed by atoms with Crippen LogP contribution in [0.1, 0.15) is 25.3 Å². The topological polar surface area (TPSA) is 46.9 Å². The van der Waals surface area contributed by atoms with E-state index < -0.39 is 0 Å². The number of imidazole rings is 1. The number of rotatable bonds is 11. The number of carbonyl (C=O) groups excluding carboxylic acids is 1. The fourth-order valence-electron chi connectivity index (χ4n) is 3.98. The van der Waals surface area contributed by atoms with Gasteiger partial charge in [-0.2, -0.15) is 0 Å². The van der Waals surface area contributed by atoms with Crippen molar-refractivity contribution < 1.29 is 4.79 Å². The molecule has 0 radical (unpaired) electrons. The molecule has 4 rings (SSSR count). The maximum atomic E-state index is 12.3. The van der Waals surface area contributed by atoms with Crippen molar-refractivity contribution in [2.24, 2.45) is 0 Å². The van der Waals surface area contributed by atoms with E-state index in [1.807, 2.05) is 30.3 Å². The van der Waals surface area contributed by atoms with E-state index in [0.29, 0.717) is 13.0 Å². The highest BCUT2D eigenvalue weighted by Gasteiger charge is 2.19. The van der Waals surface area contributed by atoms with Crippen LogP contribution in [0.2, 0.25) is 0 Å². The number of carbonyl (C=O) groups is 1. The van der Waals surface area contributed by atoms with Crippen LogP contribution in [-0.4, -0.2) is 27.8 Å². The molecule has 0 saturated heterocycles. The summed E-state index contributed by atoms with van der Waals surface area (Å²) in [6, 6.07) is 31.0. The summed E-state index contributed by atoms with van der Waals surface area (Å²) in [4.78, 5) is 17.4. The van der Waals surface area contributed by atoms with E-state index in [1.54, 1.807) is 11.8 Å². The Kier molecular flexibility index (Phi) is 8.58. The minimum absolute atomic E-state index is 0.0938. The molecule has 5 heteroatoms. The standard InChI is InChI=1S/C29H31N3OS/c1-2-21-32-28(25-16-10-5-11-17-25)27(24-14-8-4-9-15-24)31-29(32)34-22-20-30-26(33)19-18-23-12-6-3-7-13-23/h3-17H,2,18-22H2,1H3,(H,30,33). The number of aryl methyl sites for hydroxylation is 1. The lowest BCUT2D eigenvalue weighted by molar-refractivity contribution is -0.120. The maximum absolute atomic E-state index is 12.3. The minimum Gasteiger partial charge on any atom is -0.355 e. The molecule has 4 nitrogen and oxygen atoms in total. The quantitative estimate of drug-likeness (QED) is 0.202. The molecule has 0 unspecified atom stereocenters. The Morgan fingerprint density at radius 1 is 0.882 bits per heavy atom. The van der Waals surface area contributed by atoms with Crippen molar-refractivity contribution in [2.45, 2.75) is 37.9 Å². The molecule has 0 atom stereocenters. The lowest BCUT2D eigenvalue weighted by Gasteiger charge is -2.12. The van der Waals surface area contributed by atoms with E-state index in [2.05, 4.69) is 77.5 Å². The van der Waals surface area contributed by atoms with Gasteiger partial charge in [0.15, 0.2) is 5.16 Å². The first-order valence-electron chi connectivity index (χ1n) is 11.9. The molecule has 1 N–H and O–H groups in total. The van der Waals surface area contributed by atoms with Gasteiger partial charge >= 0.3 is 0 Å². The van der Waals surface area contributed by atoms with E-state index >= 15 is 0 Å². The number of hydrogen-bond acceptors (Lipinski definition) is 3. The van der Waals surface area contributed by atoms with Crippen LogP contribution in [0.5, 0.6) is 0 Å². The second-order valence-electron chi connectivity index (χ2n) is 8.16. The van der Waals surface area contributed by atoms with Gasteiger partial charge in [-0.25, -0.2) is 4.98 Å². The second-order valence-corrected chi connectivity index (χ2v) is 9.22. The van der Waals surface area contributed by atoms with E-state index in [0.717, 1.165) is 47.2 Å². The molecule has 0 aliphatic rings. The van der Waals surface area contributed by atoms with Gasteiger partial charge in [0.2, 0.25) is 5.91 Å². The van der Waals surface area contributed by atoms with Gasteiger partial charge < -0.3 is 9.88 Å². The Labute approximate surface area is 206 Å². The summed E-state index contributed by atoms with van der Waals surface area (Å²) in [5.74, 6) is 0.872. The van der Waals surface area contributed by atoms with Gasteiger partial charge in [0.1, 0.15) is 0 Å². The van der Waals surface area contributed by atoms with Crippen molar-refractivity contribution in [3.05, 3.63) is 96.6 Å². The van der Waals surface area contributed by atoms with Gasteiger partial charge in [-0.3, -0.25) is 4.79 Å². The molecule has 34 heavy (non-hydrogen) atoms. The Morgan fingerprint density at radius 3 is 2.15 bits per heavy atom. The average Bonchev–Trinajstić information content (AvgIpc) is 3.25. The first kappa shape index (κ1) is 23.8. The van der Waals surface area contributed by atoms with Crippen molar-refractivity contribution in [2.75, 3.05) is 12.3 Å². The smallest absolute Gasteiger partial charge is 0.220 e. The summed E-state index contributed by atoms with van der Waals surface area (Å²) in [6.45, 7) is 3.72. The molecular formula is C29H31N3OS. The number of amides is 1. The normalized spacial score (nSPS) is 10.9.